The van der Waals surface area contributed by atoms with Crippen molar-refractivity contribution < 1.29 is 14.3 Å². The summed E-state index contributed by atoms with van der Waals surface area (Å²) in [7, 11) is 0. The lowest BCUT2D eigenvalue weighted by Gasteiger charge is -2.09. The van der Waals surface area contributed by atoms with Crippen LogP contribution in [0.4, 0.5) is 11.4 Å². The number of benzene rings is 2. The van der Waals surface area contributed by atoms with E-state index in [1.54, 1.807) is 36.5 Å². The van der Waals surface area contributed by atoms with Crippen LogP contribution in [0.25, 0.3) is 0 Å². The average Bonchev–Trinajstić information content (AvgIpc) is 3.14. The Morgan fingerprint density at radius 1 is 1.04 bits per heavy atom. The maximum absolute atomic E-state index is 12.4. The molecule has 0 aliphatic carbocycles. The second-order valence-electron chi connectivity index (χ2n) is 5.94. The van der Waals surface area contributed by atoms with E-state index in [0.717, 1.165) is 22.7 Å². The molecule has 4 rings (SSSR count). The zero-order valence-corrected chi connectivity index (χ0v) is 15.0. The Morgan fingerprint density at radius 2 is 1.93 bits per heavy atom. The fourth-order valence-corrected chi connectivity index (χ4v) is 2.87. The van der Waals surface area contributed by atoms with Gasteiger partial charge in [-0.25, -0.2) is 0 Å². The van der Waals surface area contributed by atoms with Gasteiger partial charge in [-0.2, -0.15) is 0 Å². The molecule has 0 spiro atoms. The molecule has 136 valence electrons. The second kappa shape index (κ2) is 7.55. The molecule has 2 aromatic carbocycles. The Kier molecular flexibility index (Phi) is 4.80. The van der Waals surface area contributed by atoms with Gasteiger partial charge in [-0.05, 0) is 48.0 Å². The van der Waals surface area contributed by atoms with Gasteiger partial charge in [0, 0.05) is 29.1 Å². The molecule has 2 N–H and O–H groups in total. The molecule has 6 nitrogen and oxygen atoms in total. The molecule has 7 heteroatoms. The number of nitrogens with zero attached hydrogens (tertiary/aromatic N) is 1. The van der Waals surface area contributed by atoms with Crippen LogP contribution in [0.3, 0.4) is 0 Å². The molecule has 1 aliphatic rings. The molecular weight excluding hydrogens is 366 g/mol. The molecule has 0 atom stereocenters. The fourth-order valence-electron chi connectivity index (χ4n) is 2.68. The number of carbonyl (C=O) groups is 1. The van der Waals surface area contributed by atoms with Gasteiger partial charge in [0.1, 0.15) is 5.69 Å². The van der Waals surface area contributed by atoms with Crippen molar-refractivity contribution in [1.29, 1.82) is 0 Å². The summed E-state index contributed by atoms with van der Waals surface area (Å²) in [6.45, 7) is 0.831. The minimum absolute atomic E-state index is 0.252. The Balaban J connectivity index is 1.42. The van der Waals surface area contributed by atoms with Gasteiger partial charge in [0.05, 0.1) is 0 Å². The number of halogens is 1. The number of ether oxygens (including phenoxy) is 2. The summed E-state index contributed by atoms with van der Waals surface area (Å²) < 4.78 is 10.7. The number of hydrogen-bond donors (Lipinski definition) is 2. The molecule has 3 aromatic rings. The van der Waals surface area contributed by atoms with Gasteiger partial charge in [0.25, 0.3) is 5.91 Å². The first-order chi connectivity index (χ1) is 13.2. The van der Waals surface area contributed by atoms with E-state index in [9.17, 15) is 4.79 Å². The average molecular weight is 382 g/mol. The Hall–Kier alpha value is -3.25. The maximum Gasteiger partial charge on any atom is 0.274 e. The summed E-state index contributed by atoms with van der Waals surface area (Å²) in [5.41, 5.74) is 2.76. The van der Waals surface area contributed by atoms with E-state index in [2.05, 4.69) is 15.6 Å². The molecule has 0 saturated carbocycles. The van der Waals surface area contributed by atoms with Crippen LogP contribution in [0.1, 0.15) is 16.1 Å². The van der Waals surface area contributed by atoms with Crippen molar-refractivity contribution >= 4 is 28.9 Å². The van der Waals surface area contributed by atoms with E-state index in [-0.39, 0.29) is 12.7 Å². The number of aromatic nitrogens is 1. The summed E-state index contributed by atoms with van der Waals surface area (Å²) in [4.78, 5) is 16.5. The molecular formula is C20H16ClN3O3. The SMILES string of the molecule is O=C(Nc1cccc(Cl)c1)c1cc(NCc2ccc3c(c2)OCO3)ccn1. The van der Waals surface area contributed by atoms with Gasteiger partial charge in [0.2, 0.25) is 6.79 Å². The van der Waals surface area contributed by atoms with Crippen LogP contribution in [-0.2, 0) is 6.54 Å². The monoisotopic (exact) mass is 381 g/mol. The topological polar surface area (TPSA) is 72.5 Å². The first-order valence-electron chi connectivity index (χ1n) is 8.33. The van der Waals surface area contributed by atoms with Crippen LogP contribution in [0.15, 0.2) is 60.8 Å². The van der Waals surface area contributed by atoms with Crippen LogP contribution in [0.2, 0.25) is 5.02 Å². The van der Waals surface area contributed by atoms with Crippen molar-refractivity contribution in [1.82, 2.24) is 4.98 Å². The van der Waals surface area contributed by atoms with E-state index < -0.39 is 0 Å². The molecule has 0 unspecified atom stereocenters. The number of nitrogens with one attached hydrogen (secondary N) is 2. The zero-order valence-electron chi connectivity index (χ0n) is 14.2. The van der Waals surface area contributed by atoms with Gasteiger partial charge in [-0.3, -0.25) is 9.78 Å². The summed E-state index contributed by atoms with van der Waals surface area (Å²) in [5, 5.41) is 6.62. The summed E-state index contributed by atoms with van der Waals surface area (Å²) in [6, 6.07) is 16.3. The molecule has 1 aromatic heterocycles. The molecule has 0 saturated heterocycles. The highest BCUT2D eigenvalue weighted by molar-refractivity contribution is 6.30. The first-order valence-corrected chi connectivity index (χ1v) is 8.70. The van der Waals surface area contributed by atoms with Crippen LogP contribution in [-0.4, -0.2) is 17.7 Å². The Bertz CT molecular complexity index is 994. The smallest absolute Gasteiger partial charge is 0.274 e. The normalized spacial score (nSPS) is 11.9. The molecule has 0 radical (unpaired) electrons. The molecule has 2 heterocycles. The predicted molar refractivity (Wildman–Crippen MR) is 104 cm³/mol. The van der Waals surface area contributed by atoms with Gasteiger partial charge in [-0.1, -0.05) is 23.7 Å². The minimum atomic E-state index is -0.302. The number of carbonyl (C=O) groups excluding carboxylic acids is 1. The third-order valence-electron chi connectivity index (χ3n) is 4.01. The van der Waals surface area contributed by atoms with E-state index in [1.807, 2.05) is 24.3 Å². The van der Waals surface area contributed by atoms with E-state index in [1.165, 1.54) is 0 Å². The quantitative estimate of drug-likeness (QED) is 0.688. The minimum Gasteiger partial charge on any atom is -0.454 e. The van der Waals surface area contributed by atoms with E-state index in [0.29, 0.717) is 22.9 Å². The second-order valence-corrected chi connectivity index (χ2v) is 6.37. The van der Waals surface area contributed by atoms with Crippen LogP contribution >= 0.6 is 11.6 Å². The Morgan fingerprint density at radius 3 is 2.81 bits per heavy atom. The summed E-state index contributed by atoms with van der Waals surface area (Å²) in [5.74, 6) is 1.19. The number of amides is 1. The van der Waals surface area contributed by atoms with E-state index >= 15 is 0 Å². The number of hydrogen-bond acceptors (Lipinski definition) is 5. The molecule has 0 bridgehead atoms. The summed E-state index contributed by atoms with van der Waals surface area (Å²) >= 11 is 5.94. The number of fused-ring (bicyclic) bond motifs is 1. The van der Waals surface area contributed by atoms with Crippen molar-refractivity contribution in [2.24, 2.45) is 0 Å². The molecule has 1 amide bonds. The molecule has 27 heavy (non-hydrogen) atoms. The van der Waals surface area contributed by atoms with Gasteiger partial charge >= 0.3 is 0 Å². The third kappa shape index (κ3) is 4.12. The fraction of sp³-hybridized carbons (Fsp3) is 0.100. The van der Waals surface area contributed by atoms with Crippen molar-refractivity contribution in [3.05, 3.63) is 77.1 Å². The van der Waals surface area contributed by atoms with Crippen molar-refractivity contribution in [2.75, 3.05) is 17.4 Å². The first kappa shape index (κ1) is 17.2. The predicted octanol–water partition coefficient (Wildman–Crippen LogP) is 4.33. The van der Waals surface area contributed by atoms with Gasteiger partial charge in [-0.15, -0.1) is 0 Å². The largest absolute Gasteiger partial charge is 0.454 e. The lowest BCUT2D eigenvalue weighted by molar-refractivity contribution is 0.102. The highest BCUT2D eigenvalue weighted by Gasteiger charge is 2.13. The van der Waals surface area contributed by atoms with Crippen LogP contribution < -0.4 is 20.1 Å². The number of anilines is 2. The van der Waals surface area contributed by atoms with E-state index in [4.69, 9.17) is 21.1 Å². The molecule has 1 aliphatic heterocycles. The third-order valence-corrected chi connectivity index (χ3v) is 4.24. The highest BCUT2D eigenvalue weighted by Crippen LogP contribution is 2.32. The standard InChI is InChI=1S/C20H16ClN3O3/c21-14-2-1-3-16(9-14)24-20(25)17-10-15(6-7-22-17)23-11-13-4-5-18-19(8-13)27-12-26-18/h1-10H,11-12H2,(H,22,23)(H,24,25). The highest BCUT2D eigenvalue weighted by atomic mass is 35.5. The number of rotatable bonds is 5. The lowest BCUT2D eigenvalue weighted by atomic mass is 10.2. The van der Waals surface area contributed by atoms with Crippen molar-refractivity contribution in [2.45, 2.75) is 6.54 Å². The van der Waals surface area contributed by atoms with Gasteiger partial charge in [0.15, 0.2) is 11.5 Å². The summed E-state index contributed by atoms with van der Waals surface area (Å²) in [6.07, 6.45) is 1.59. The maximum atomic E-state index is 12.4. The van der Waals surface area contributed by atoms with Crippen molar-refractivity contribution in [3.8, 4) is 11.5 Å². The van der Waals surface area contributed by atoms with Gasteiger partial charge < -0.3 is 20.1 Å². The number of pyridine rings is 1. The van der Waals surface area contributed by atoms with Crippen LogP contribution in [0, 0.1) is 0 Å². The van der Waals surface area contributed by atoms with Crippen molar-refractivity contribution in [3.63, 3.8) is 0 Å². The molecule has 0 fully saturated rings. The lowest BCUT2D eigenvalue weighted by Crippen LogP contribution is -2.14. The van der Waals surface area contributed by atoms with Crippen LogP contribution in [0.5, 0.6) is 11.5 Å². The Labute approximate surface area is 161 Å². The zero-order chi connectivity index (χ0) is 18.6.